The number of nitrogens with zero attached hydrogens (tertiary/aromatic N) is 5. The van der Waals surface area contributed by atoms with Crippen LogP contribution in [-0.4, -0.2) is 68.7 Å². The lowest BCUT2D eigenvalue weighted by Crippen LogP contribution is -2.52. The van der Waals surface area contributed by atoms with Crippen molar-refractivity contribution in [3.05, 3.63) is 59.7 Å². The van der Waals surface area contributed by atoms with Crippen molar-refractivity contribution in [3.63, 3.8) is 0 Å². The smallest absolute Gasteiger partial charge is 0.369 e. The predicted octanol–water partition coefficient (Wildman–Crippen LogP) is 4.77. The third kappa shape index (κ3) is 8.49. The molecule has 1 fully saturated rings. The van der Waals surface area contributed by atoms with E-state index in [4.69, 9.17) is 10.5 Å². The fraction of sp³-hybridized carbons (Fsp3) is 0.481. The van der Waals surface area contributed by atoms with Crippen molar-refractivity contribution >= 4 is 23.3 Å². The molecule has 8 nitrogen and oxygen atoms in total. The summed E-state index contributed by atoms with van der Waals surface area (Å²) < 4.78 is 84.1. The number of rotatable bonds is 9. The Morgan fingerprint density at radius 3 is 2.37 bits per heavy atom. The molecule has 0 radical (unpaired) electrons. The highest BCUT2D eigenvalue weighted by molar-refractivity contribution is 6.05. The Kier molecular flexibility index (Phi) is 9.64. The van der Waals surface area contributed by atoms with Gasteiger partial charge in [0.2, 0.25) is 18.3 Å². The summed E-state index contributed by atoms with van der Waals surface area (Å²) in [5.74, 6) is -0.475. The number of hydrogen-bond acceptors (Lipinski definition) is 8. The third-order valence-electron chi connectivity index (χ3n) is 6.69. The van der Waals surface area contributed by atoms with Crippen molar-refractivity contribution in [2.75, 3.05) is 49.1 Å². The van der Waals surface area contributed by atoms with Crippen LogP contribution in [-0.2, 0) is 17.5 Å². The van der Waals surface area contributed by atoms with Gasteiger partial charge in [-0.3, -0.25) is 9.80 Å². The first-order valence-corrected chi connectivity index (χ1v) is 13.3. The molecule has 0 aromatic heterocycles. The number of unbranched alkanes of at least 4 members (excludes halogenated alkanes) is 1. The summed E-state index contributed by atoms with van der Waals surface area (Å²) >= 11 is 0. The number of aliphatic imine (C=N–C) groups is 2. The molecule has 224 valence electrons. The van der Waals surface area contributed by atoms with Crippen molar-refractivity contribution in [2.45, 2.75) is 45.0 Å². The van der Waals surface area contributed by atoms with Gasteiger partial charge in [-0.05, 0) is 48.9 Å². The van der Waals surface area contributed by atoms with Crippen LogP contribution in [0.3, 0.4) is 0 Å². The van der Waals surface area contributed by atoms with Crippen LogP contribution in [0.25, 0.3) is 0 Å². The topological polar surface area (TPSA) is 81.7 Å². The van der Waals surface area contributed by atoms with Crippen LogP contribution in [0.15, 0.2) is 58.5 Å². The van der Waals surface area contributed by atoms with Crippen LogP contribution in [0.5, 0.6) is 0 Å². The molecule has 0 saturated carbocycles. The number of benzene rings is 2. The van der Waals surface area contributed by atoms with E-state index in [0.717, 1.165) is 73.5 Å². The Labute approximate surface area is 234 Å². The van der Waals surface area contributed by atoms with E-state index >= 15 is 0 Å². The van der Waals surface area contributed by atoms with Crippen molar-refractivity contribution in [1.29, 1.82) is 0 Å². The van der Waals surface area contributed by atoms with Gasteiger partial charge in [0.1, 0.15) is 6.61 Å². The normalized spacial score (nSPS) is 18.8. The van der Waals surface area contributed by atoms with Gasteiger partial charge in [0, 0.05) is 44.1 Å². The van der Waals surface area contributed by atoms with E-state index in [2.05, 4.69) is 32.0 Å². The zero-order valence-corrected chi connectivity index (χ0v) is 22.5. The lowest BCUT2D eigenvalue weighted by Gasteiger charge is -2.36. The second-order valence-electron chi connectivity index (χ2n) is 9.80. The molecule has 41 heavy (non-hydrogen) atoms. The molecule has 2 aliphatic rings. The van der Waals surface area contributed by atoms with Gasteiger partial charge in [-0.2, -0.15) is 36.3 Å². The molecule has 0 spiro atoms. The standard InChI is InChI=1S/C27H33F6N7O/c1-2-3-10-38-11-13-39(14-12-38)21-8-4-6-19(15-21)17-35-24-36-23(34)37-25(41-18-26(28,29)30)40(24)22-9-5-7-20(16-22)27(31,32)33/h4-9,15-16,25H,2-3,10-14,17-18H2,1H3,(H3,34,35,36,37). The zero-order valence-electron chi connectivity index (χ0n) is 22.5. The van der Waals surface area contributed by atoms with E-state index < -0.39 is 30.9 Å². The quantitative estimate of drug-likeness (QED) is 0.413. The van der Waals surface area contributed by atoms with E-state index in [1.165, 1.54) is 12.5 Å². The van der Waals surface area contributed by atoms with Gasteiger partial charge in [-0.25, -0.2) is 0 Å². The maximum absolute atomic E-state index is 13.4. The van der Waals surface area contributed by atoms with Gasteiger partial charge in [-0.1, -0.05) is 31.5 Å². The fourth-order valence-corrected chi connectivity index (χ4v) is 4.61. The first-order chi connectivity index (χ1) is 19.4. The third-order valence-corrected chi connectivity index (χ3v) is 6.69. The molecule has 1 unspecified atom stereocenters. The Bertz CT molecular complexity index is 1230. The first-order valence-electron chi connectivity index (χ1n) is 13.3. The lowest BCUT2D eigenvalue weighted by atomic mass is 10.1. The van der Waals surface area contributed by atoms with Crippen LogP contribution in [0.4, 0.5) is 37.7 Å². The molecule has 1 atom stereocenters. The van der Waals surface area contributed by atoms with Gasteiger partial charge < -0.3 is 20.7 Å². The van der Waals surface area contributed by atoms with Crippen molar-refractivity contribution in [1.82, 2.24) is 10.2 Å². The lowest BCUT2D eigenvalue weighted by molar-refractivity contribution is -0.183. The van der Waals surface area contributed by atoms with Gasteiger partial charge in [-0.15, -0.1) is 0 Å². The van der Waals surface area contributed by atoms with Crippen LogP contribution >= 0.6 is 0 Å². The summed E-state index contributed by atoms with van der Waals surface area (Å²) in [6.45, 7) is 5.40. The minimum atomic E-state index is -4.70. The number of ether oxygens (including phenoxy) is 1. The van der Waals surface area contributed by atoms with Gasteiger partial charge in [0.25, 0.3) is 0 Å². The summed E-state index contributed by atoms with van der Waals surface area (Å²) in [5, 5.41) is 3.01. The summed E-state index contributed by atoms with van der Waals surface area (Å²) in [4.78, 5) is 13.7. The van der Waals surface area contributed by atoms with Crippen LogP contribution < -0.4 is 20.9 Å². The average Bonchev–Trinajstić information content (AvgIpc) is 2.93. The average molecular weight is 586 g/mol. The summed E-state index contributed by atoms with van der Waals surface area (Å²) in [6.07, 6.45) is -8.76. The van der Waals surface area contributed by atoms with E-state index in [1.807, 2.05) is 24.3 Å². The number of piperazine rings is 1. The number of nitrogens with one attached hydrogen (secondary N) is 1. The monoisotopic (exact) mass is 585 g/mol. The molecule has 0 aliphatic carbocycles. The highest BCUT2D eigenvalue weighted by Gasteiger charge is 2.36. The Hall–Kier alpha value is -3.52. The Morgan fingerprint density at radius 1 is 0.976 bits per heavy atom. The maximum atomic E-state index is 13.4. The second kappa shape index (κ2) is 13.0. The highest BCUT2D eigenvalue weighted by Crippen LogP contribution is 2.33. The van der Waals surface area contributed by atoms with E-state index in [-0.39, 0.29) is 24.2 Å². The van der Waals surface area contributed by atoms with Crippen molar-refractivity contribution in [2.24, 2.45) is 15.7 Å². The number of hydrogen-bond donors (Lipinski definition) is 2. The maximum Gasteiger partial charge on any atom is 0.416 e. The minimum absolute atomic E-state index is 0.0982. The second-order valence-corrected chi connectivity index (χ2v) is 9.80. The number of anilines is 2. The molecule has 1 saturated heterocycles. The van der Waals surface area contributed by atoms with Crippen molar-refractivity contribution < 1.29 is 31.1 Å². The molecule has 3 N–H and O–H groups in total. The molecule has 2 aliphatic heterocycles. The molecule has 2 aromatic carbocycles. The van der Waals surface area contributed by atoms with Gasteiger partial charge in [0.05, 0.1) is 5.56 Å². The number of alkyl halides is 6. The molecule has 14 heteroatoms. The van der Waals surface area contributed by atoms with Crippen LogP contribution in [0.2, 0.25) is 0 Å². The predicted molar refractivity (Wildman–Crippen MR) is 146 cm³/mol. The minimum Gasteiger partial charge on any atom is -0.369 e. The molecule has 0 bridgehead atoms. The molecule has 4 rings (SSSR count). The molecule has 2 aromatic rings. The fourth-order valence-electron chi connectivity index (χ4n) is 4.61. The molecule has 2 heterocycles. The Balaban J connectivity index is 1.52. The van der Waals surface area contributed by atoms with Gasteiger partial charge >= 0.3 is 12.4 Å². The number of nitrogens with two attached hydrogens (primary N) is 1. The molecular weight excluding hydrogens is 552 g/mol. The molecular formula is C27H33F6N7O. The van der Waals surface area contributed by atoms with Crippen LogP contribution in [0.1, 0.15) is 30.9 Å². The van der Waals surface area contributed by atoms with Crippen molar-refractivity contribution in [3.8, 4) is 0 Å². The first kappa shape index (κ1) is 30.4. The summed E-state index contributed by atoms with van der Waals surface area (Å²) in [6, 6.07) is 11.8. The molecule has 0 amide bonds. The number of guanidine groups is 2. The summed E-state index contributed by atoms with van der Waals surface area (Å²) in [5.41, 5.74) is 6.51. The Morgan fingerprint density at radius 2 is 1.68 bits per heavy atom. The van der Waals surface area contributed by atoms with E-state index in [1.54, 1.807) is 0 Å². The largest absolute Gasteiger partial charge is 0.416 e. The number of halogens is 6. The summed E-state index contributed by atoms with van der Waals surface area (Å²) in [7, 11) is 0. The SMILES string of the molecule is CCCCN1CCN(c2cccc(CNC3=NC(N)=NC(OCC(F)(F)F)N3c3cccc(C(F)(F)F)c3)c2)CC1. The zero-order chi connectivity index (χ0) is 29.6. The van der Waals surface area contributed by atoms with E-state index in [9.17, 15) is 26.3 Å². The van der Waals surface area contributed by atoms with Crippen LogP contribution in [0, 0.1) is 0 Å². The van der Waals surface area contributed by atoms with Gasteiger partial charge in [0.15, 0.2) is 0 Å². The highest BCUT2D eigenvalue weighted by atomic mass is 19.4. The van der Waals surface area contributed by atoms with E-state index in [0.29, 0.717) is 0 Å².